The van der Waals surface area contributed by atoms with E-state index < -0.39 is 0 Å². The largest absolute Gasteiger partial charge is 0.497 e. The van der Waals surface area contributed by atoms with Crippen LogP contribution in [0.4, 0.5) is 5.69 Å². The number of piperidine rings is 1. The molecule has 0 spiro atoms. The number of ether oxygens (including phenoxy) is 1. The summed E-state index contributed by atoms with van der Waals surface area (Å²) in [5, 5.41) is 4.06. The molecule has 25 heavy (non-hydrogen) atoms. The van der Waals surface area contributed by atoms with Crippen LogP contribution in [0, 0.1) is 5.92 Å². The summed E-state index contributed by atoms with van der Waals surface area (Å²) in [5.74, 6) is 1.64. The highest BCUT2D eigenvalue weighted by molar-refractivity contribution is 7.80. The minimum Gasteiger partial charge on any atom is -0.497 e. The van der Waals surface area contributed by atoms with Gasteiger partial charge in [0.1, 0.15) is 5.75 Å². The van der Waals surface area contributed by atoms with Crippen LogP contribution in [0.3, 0.4) is 0 Å². The summed E-state index contributed by atoms with van der Waals surface area (Å²) in [4.78, 5) is 14.3. The number of fused-ring (bicyclic) bond motifs is 4. The summed E-state index contributed by atoms with van der Waals surface area (Å²) >= 11 is 5.63. The fourth-order valence-electron chi connectivity index (χ4n) is 3.94. The van der Waals surface area contributed by atoms with Gasteiger partial charge in [0.2, 0.25) is 0 Å². The first-order valence-corrected chi connectivity index (χ1v) is 8.94. The lowest BCUT2D eigenvalue weighted by molar-refractivity contribution is 0.180. The maximum absolute atomic E-state index is 12.1. The molecular formula is C19H21N3O2S. The number of hydrogen-bond acceptors (Lipinski definition) is 3. The summed E-state index contributed by atoms with van der Waals surface area (Å²) in [7, 11) is 1.66. The van der Waals surface area contributed by atoms with Crippen LogP contribution in [0.15, 0.2) is 47.3 Å². The van der Waals surface area contributed by atoms with Crippen LogP contribution < -0.4 is 15.6 Å². The molecule has 0 saturated carbocycles. The molecule has 1 aromatic heterocycles. The summed E-state index contributed by atoms with van der Waals surface area (Å²) in [5.41, 5.74) is 2.21. The molecule has 1 fully saturated rings. The number of anilines is 1. The van der Waals surface area contributed by atoms with Gasteiger partial charge in [-0.25, -0.2) is 0 Å². The lowest BCUT2D eigenvalue weighted by Crippen LogP contribution is -2.50. The second kappa shape index (κ2) is 6.52. The van der Waals surface area contributed by atoms with Crippen molar-refractivity contribution in [3.63, 3.8) is 0 Å². The van der Waals surface area contributed by atoms with Crippen LogP contribution in [-0.4, -0.2) is 34.8 Å². The zero-order valence-electron chi connectivity index (χ0n) is 14.1. The van der Waals surface area contributed by atoms with E-state index in [1.807, 2.05) is 34.9 Å². The molecule has 0 amide bonds. The van der Waals surface area contributed by atoms with Gasteiger partial charge in [-0.3, -0.25) is 4.79 Å². The first-order valence-electron chi connectivity index (χ1n) is 8.54. The van der Waals surface area contributed by atoms with E-state index in [1.54, 1.807) is 13.2 Å². The number of aromatic nitrogens is 1. The van der Waals surface area contributed by atoms with E-state index in [-0.39, 0.29) is 5.56 Å². The SMILES string of the molecule is COc1ccc(NC(=S)N2C[C@H]3C[C@H](C2)c2cccc(=O)n2C3)cc1. The molecular weight excluding hydrogens is 334 g/mol. The van der Waals surface area contributed by atoms with Crippen LogP contribution in [-0.2, 0) is 6.54 Å². The van der Waals surface area contributed by atoms with Crippen molar-refractivity contribution in [3.8, 4) is 5.75 Å². The van der Waals surface area contributed by atoms with Crippen LogP contribution in [0.5, 0.6) is 5.75 Å². The summed E-state index contributed by atoms with van der Waals surface area (Å²) in [6.45, 7) is 2.52. The van der Waals surface area contributed by atoms with E-state index in [9.17, 15) is 4.79 Å². The normalized spacial score (nSPS) is 21.4. The van der Waals surface area contributed by atoms with Gasteiger partial charge in [-0.15, -0.1) is 0 Å². The molecule has 2 aliphatic rings. The van der Waals surface area contributed by atoms with Gasteiger partial charge in [0, 0.05) is 43.0 Å². The summed E-state index contributed by atoms with van der Waals surface area (Å²) in [6, 6.07) is 13.3. The van der Waals surface area contributed by atoms with Gasteiger partial charge < -0.3 is 19.5 Å². The summed E-state index contributed by atoms with van der Waals surface area (Å²) < 4.78 is 7.13. The first-order chi connectivity index (χ1) is 12.1. The molecule has 2 aliphatic heterocycles. The van der Waals surface area contributed by atoms with Gasteiger partial charge >= 0.3 is 0 Å². The van der Waals surface area contributed by atoms with Crippen molar-refractivity contribution >= 4 is 23.0 Å². The zero-order chi connectivity index (χ0) is 17.4. The Morgan fingerprint density at radius 3 is 2.72 bits per heavy atom. The Morgan fingerprint density at radius 2 is 1.96 bits per heavy atom. The lowest BCUT2D eigenvalue weighted by atomic mass is 9.83. The second-order valence-electron chi connectivity index (χ2n) is 6.76. The van der Waals surface area contributed by atoms with E-state index in [2.05, 4.69) is 16.3 Å². The molecule has 1 aromatic carbocycles. The predicted molar refractivity (Wildman–Crippen MR) is 102 cm³/mol. The molecule has 0 aliphatic carbocycles. The number of likely N-dealkylation sites (tertiary alicyclic amines) is 1. The standard InChI is InChI=1S/C19H21N3O2S/c1-24-16-7-5-15(6-8-16)20-19(25)21-10-13-9-14(12-21)17-3-2-4-18(23)22(17)11-13/h2-8,13-14H,9-12H2,1H3,(H,20,25)/t13-,14-/m1/s1. The highest BCUT2D eigenvalue weighted by Gasteiger charge is 2.35. The van der Waals surface area contributed by atoms with E-state index in [0.717, 1.165) is 48.3 Å². The van der Waals surface area contributed by atoms with Gasteiger partial charge in [-0.1, -0.05) is 6.07 Å². The van der Waals surface area contributed by atoms with Gasteiger partial charge in [0.25, 0.3) is 5.56 Å². The smallest absolute Gasteiger partial charge is 0.250 e. The Hall–Kier alpha value is -2.34. The molecule has 0 unspecified atom stereocenters. The number of rotatable bonds is 2. The van der Waals surface area contributed by atoms with Crippen molar-refractivity contribution in [1.82, 2.24) is 9.47 Å². The average Bonchev–Trinajstić information content (AvgIpc) is 2.63. The Morgan fingerprint density at radius 1 is 1.16 bits per heavy atom. The molecule has 2 atom stereocenters. The molecule has 5 nitrogen and oxygen atoms in total. The third-order valence-corrected chi connectivity index (χ3v) is 5.47. The number of nitrogens with one attached hydrogen (secondary N) is 1. The number of pyridine rings is 1. The van der Waals surface area contributed by atoms with Crippen molar-refractivity contribution in [2.45, 2.75) is 18.9 Å². The van der Waals surface area contributed by atoms with E-state index in [0.29, 0.717) is 11.8 Å². The fourth-order valence-corrected chi connectivity index (χ4v) is 4.21. The lowest BCUT2D eigenvalue weighted by Gasteiger charge is -2.43. The maximum Gasteiger partial charge on any atom is 0.250 e. The quantitative estimate of drug-likeness (QED) is 0.840. The molecule has 2 aromatic rings. The van der Waals surface area contributed by atoms with Gasteiger partial charge in [-0.2, -0.15) is 0 Å². The topological polar surface area (TPSA) is 46.5 Å². The van der Waals surface area contributed by atoms with Crippen molar-refractivity contribution < 1.29 is 4.74 Å². The fraction of sp³-hybridized carbons (Fsp3) is 0.368. The van der Waals surface area contributed by atoms with Gasteiger partial charge in [0.05, 0.1) is 7.11 Å². The Labute approximate surface area is 152 Å². The molecule has 1 saturated heterocycles. The molecule has 1 N–H and O–H groups in total. The van der Waals surface area contributed by atoms with Crippen LogP contribution in [0.1, 0.15) is 18.0 Å². The molecule has 2 bridgehead atoms. The van der Waals surface area contributed by atoms with Crippen LogP contribution >= 0.6 is 12.2 Å². The Bertz CT molecular complexity index is 846. The molecule has 0 radical (unpaired) electrons. The predicted octanol–water partition coefficient (Wildman–Crippen LogP) is 2.67. The Kier molecular flexibility index (Phi) is 4.21. The first kappa shape index (κ1) is 16.1. The third kappa shape index (κ3) is 3.14. The number of nitrogens with zero attached hydrogens (tertiary/aromatic N) is 2. The molecule has 130 valence electrons. The van der Waals surface area contributed by atoms with Crippen LogP contribution in [0.2, 0.25) is 0 Å². The maximum atomic E-state index is 12.1. The molecule has 3 heterocycles. The number of benzene rings is 1. The number of methoxy groups -OCH3 is 1. The zero-order valence-corrected chi connectivity index (χ0v) is 15.0. The monoisotopic (exact) mass is 355 g/mol. The van der Waals surface area contributed by atoms with E-state index in [4.69, 9.17) is 17.0 Å². The highest BCUT2D eigenvalue weighted by Crippen LogP contribution is 2.35. The van der Waals surface area contributed by atoms with E-state index >= 15 is 0 Å². The number of hydrogen-bond donors (Lipinski definition) is 1. The van der Waals surface area contributed by atoms with Crippen molar-refractivity contribution in [2.75, 3.05) is 25.5 Å². The highest BCUT2D eigenvalue weighted by atomic mass is 32.1. The molecule has 4 rings (SSSR count). The Balaban J connectivity index is 1.49. The average molecular weight is 355 g/mol. The third-order valence-electron chi connectivity index (χ3n) is 5.11. The minimum absolute atomic E-state index is 0.111. The van der Waals surface area contributed by atoms with E-state index in [1.165, 1.54) is 0 Å². The number of thiocarbonyl (C=S) groups is 1. The molecule has 6 heteroatoms. The van der Waals surface area contributed by atoms with Crippen LogP contribution in [0.25, 0.3) is 0 Å². The van der Waals surface area contributed by atoms with Crippen molar-refractivity contribution in [3.05, 3.63) is 58.5 Å². The van der Waals surface area contributed by atoms with Crippen molar-refractivity contribution in [2.24, 2.45) is 5.92 Å². The van der Waals surface area contributed by atoms with Crippen molar-refractivity contribution in [1.29, 1.82) is 0 Å². The van der Waals surface area contributed by atoms with Gasteiger partial charge in [-0.05, 0) is 54.9 Å². The van der Waals surface area contributed by atoms with Gasteiger partial charge in [0.15, 0.2) is 5.11 Å². The second-order valence-corrected chi connectivity index (χ2v) is 7.15. The summed E-state index contributed by atoms with van der Waals surface area (Å²) in [6.07, 6.45) is 1.13. The minimum atomic E-state index is 0.111.